The average molecular weight is 1100 g/mol. The van der Waals surface area contributed by atoms with E-state index in [2.05, 4.69) is 42.5 Å². The molecule has 6 amide bonds. The number of methoxy groups -OCH3 is 1. The third-order valence-electron chi connectivity index (χ3n) is 14.6. The second kappa shape index (κ2) is 32.1. The van der Waals surface area contributed by atoms with E-state index in [1.807, 2.05) is 36.0 Å². The van der Waals surface area contributed by atoms with Crippen LogP contribution in [0.15, 0.2) is 60.8 Å². The first-order valence-electron chi connectivity index (χ1n) is 27.6. The molecule has 20 nitrogen and oxygen atoms in total. The van der Waals surface area contributed by atoms with Crippen molar-refractivity contribution in [3.05, 3.63) is 94.3 Å². The number of aryl methyl sites for hydroxylation is 1. The van der Waals surface area contributed by atoms with Gasteiger partial charge < -0.3 is 55.2 Å². The van der Waals surface area contributed by atoms with Crippen LogP contribution in [0.3, 0.4) is 0 Å². The van der Waals surface area contributed by atoms with Gasteiger partial charge in [-0.1, -0.05) is 18.6 Å². The van der Waals surface area contributed by atoms with Crippen molar-refractivity contribution >= 4 is 47.2 Å². The molecule has 0 saturated carbocycles. The molecule has 21 heteroatoms. The summed E-state index contributed by atoms with van der Waals surface area (Å²) in [6.45, 7) is 6.85. The Labute approximate surface area is 462 Å². The normalized spacial score (nSPS) is 18.6. The van der Waals surface area contributed by atoms with Crippen molar-refractivity contribution in [2.75, 3.05) is 105 Å². The van der Waals surface area contributed by atoms with Crippen LogP contribution in [0.4, 0.5) is 4.79 Å². The van der Waals surface area contributed by atoms with E-state index in [0.717, 1.165) is 63.1 Å². The van der Waals surface area contributed by atoms with E-state index < -0.39 is 0 Å². The molecule has 4 fully saturated rings. The number of Topliss-reactive ketones (excluding diaryl/α,β-unsaturated/α-hetero) is 1. The number of carbonyl (C=O) groups excluding carboxylic acids is 6. The van der Waals surface area contributed by atoms with Crippen LogP contribution in [-0.4, -0.2) is 179 Å². The van der Waals surface area contributed by atoms with Gasteiger partial charge in [0, 0.05) is 93.4 Å². The fourth-order valence-electron chi connectivity index (χ4n) is 10.1. The Hall–Kier alpha value is -6.15. The lowest BCUT2D eigenvalue weighted by Gasteiger charge is -2.32. The van der Waals surface area contributed by atoms with Gasteiger partial charge in [0.2, 0.25) is 11.8 Å². The molecule has 0 bridgehead atoms. The van der Waals surface area contributed by atoms with Crippen LogP contribution in [0, 0.1) is 17.2 Å². The zero-order valence-electron chi connectivity index (χ0n) is 44.9. The van der Waals surface area contributed by atoms with Crippen molar-refractivity contribution in [1.82, 2.24) is 41.4 Å². The summed E-state index contributed by atoms with van der Waals surface area (Å²) in [5.74, 6) is 0.777. The van der Waals surface area contributed by atoms with E-state index in [9.17, 15) is 28.8 Å². The maximum atomic E-state index is 14.1. The van der Waals surface area contributed by atoms with Crippen molar-refractivity contribution in [2.24, 2.45) is 5.92 Å². The van der Waals surface area contributed by atoms with E-state index >= 15 is 0 Å². The predicted octanol–water partition coefficient (Wildman–Crippen LogP) is 4.44. The Morgan fingerprint density at radius 2 is 1.42 bits per heavy atom. The molecule has 1 aromatic heterocycles. The molecule has 0 radical (unpaired) electrons. The highest BCUT2D eigenvalue weighted by atomic mass is 32.2. The molecule has 3 aromatic rings. The minimum absolute atomic E-state index is 0.0127. The second-order valence-corrected chi connectivity index (χ2v) is 21.4. The van der Waals surface area contributed by atoms with Crippen molar-refractivity contribution in [3.8, 4) is 11.8 Å². The van der Waals surface area contributed by atoms with Gasteiger partial charge in [-0.05, 0) is 105 Å². The number of piperidine rings is 2. The number of carbonyl (C=O) groups is 6. The van der Waals surface area contributed by atoms with E-state index in [-0.39, 0.29) is 78.2 Å². The van der Waals surface area contributed by atoms with Crippen LogP contribution in [0.2, 0.25) is 0 Å². The quantitative estimate of drug-likeness (QED) is 0.0329. The molecule has 0 spiro atoms. The van der Waals surface area contributed by atoms with Gasteiger partial charge in [0.25, 0.3) is 11.8 Å². The molecule has 3 atom stereocenters. The molecule has 4 aliphatic rings. The summed E-state index contributed by atoms with van der Waals surface area (Å²) in [5, 5.41) is 24.5. The number of rotatable bonds is 32. The molecule has 78 heavy (non-hydrogen) atoms. The van der Waals surface area contributed by atoms with Crippen LogP contribution >= 0.6 is 11.8 Å². The molecule has 2 aromatic carbocycles. The molecule has 422 valence electrons. The third kappa shape index (κ3) is 19.0. The van der Waals surface area contributed by atoms with E-state index in [1.165, 1.54) is 6.20 Å². The fraction of sp³-hybridized carbons (Fsp3) is 0.579. The number of pyridine rings is 1. The number of benzene rings is 2. The Morgan fingerprint density at radius 1 is 0.756 bits per heavy atom. The summed E-state index contributed by atoms with van der Waals surface area (Å²) in [7, 11) is 1.58. The zero-order valence-corrected chi connectivity index (χ0v) is 45.8. The summed E-state index contributed by atoms with van der Waals surface area (Å²) >= 11 is 1.89. The number of hydrogen-bond donors (Lipinski definition) is 5. The van der Waals surface area contributed by atoms with Crippen LogP contribution < -0.4 is 31.3 Å². The molecule has 4 aliphatic heterocycles. The van der Waals surface area contributed by atoms with E-state index in [0.29, 0.717) is 138 Å². The van der Waals surface area contributed by atoms with Crippen LogP contribution in [-0.2, 0) is 41.5 Å². The molecule has 7 rings (SSSR count). The highest BCUT2D eigenvalue weighted by molar-refractivity contribution is 8.00. The summed E-state index contributed by atoms with van der Waals surface area (Å²) in [6.07, 6.45) is 8.34. The van der Waals surface area contributed by atoms with Crippen LogP contribution in [0.5, 0.6) is 5.75 Å². The van der Waals surface area contributed by atoms with Gasteiger partial charge in [-0.15, -0.1) is 0 Å². The standard InChI is InChI=1S/C57H77N9O11S/c1-73-47-14-12-42(13-15-47)54(69)43-16-25-66(26-17-43)56(71)52-44(35-45(37-61-52)55(70)62-46-18-23-65(24-19-46)38-41-10-8-40(36-58)9-11-41)5-4-21-59-51(68)20-27-74-29-31-76-33-34-77-32-30-75-28-22-60-50(67)7-3-2-6-49-53-48(39-78-49)63-57(72)64-53/h8-15,35,37,43,46,48-49,53H,2-7,16-34,38-39H2,1H3,(H,59,68)(H,60,67)(H,62,70)(H2,63,64,72)/t48-,49-,53-/m0/s1. The average Bonchev–Trinajstić information content (AvgIpc) is 4.04. The van der Waals surface area contributed by atoms with Crippen molar-refractivity contribution < 1.29 is 52.5 Å². The first kappa shape index (κ1) is 59.5. The molecule has 5 heterocycles. The molecule has 0 aliphatic carbocycles. The van der Waals surface area contributed by atoms with Gasteiger partial charge in [-0.25, -0.2) is 9.78 Å². The van der Waals surface area contributed by atoms with Gasteiger partial charge >= 0.3 is 6.03 Å². The molecular weight excluding hydrogens is 1020 g/mol. The maximum Gasteiger partial charge on any atom is 0.315 e. The Bertz CT molecular complexity index is 2460. The molecule has 5 N–H and O–H groups in total. The Balaban J connectivity index is 0.744. The van der Waals surface area contributed by atoms with Gasteiger partial charge in [0.15, 0.2) is 5.78 Å². The summed E-state index contributed by atoms with van der Waals surface area (Å²) in [4.78, 5) is 86.2. The second-order valence-electron chi connectivity index (χ2n) is 20.1. The van der Waals surface area contributed by atoms with Crippen LogP contribution in [0.1, 0.15) is 112 Å². The first-order valence-corrected chi connectivity index (χ1v) is 28.6. The number of hydrogen-bond acceptors (Lipinski definition) is 15. The van der Waals surface area contributed by atoms with E-state index in [1.54, 1.807) is 42.3 Å². The maximum absolute atomic E-state index is 14.1. The number of nitrogens with one attached hydrogen (secondary N) is 5. The number of fused-ring (bicyclic) bond motifs is 1. The van der Waals surface area contributed by atoms with Crippen molar-refractivity contribution in [1.29, 1.82) is 5.26 Å². The van der Waals surface area contributed by atoms with Crippen molar-refractivity contribution in [2.45, 2.75) is 101 Å². The Morgan fingerprint density at radius 3 is 2.12 bits per heavy atom. The number of urea groups is 1. The first-order chi connectivity index (χ1) is 38.1. The minimum atomic E-state index is -0.257. The largest absolute Gasteiger partial charge is 0.497 e. The summed E-state index contributed by atoms with van der Waals surface area (Å²) in [5.41, 5.74) is 3.62. The summed E-state index contributed by atoms with van der Waals surface area (Å²) < 4.78 is 27.5. The molecular formula is C57H77N9O11S. The number of aromatic nitrogens is 1. The van der Waals surface area contributed by atoms with E-state index in [4.69, 9.17) is 28.9 Å². The topological polar surface area (TPSA) is 252 Å². The number of ether oxygens (including phenoxy) is 5. The third-order valence-corrected chi connectivity index (χ3v) is 16.1. The Kier molecular flexibility index (Phi) is 24.5. The van der Waals surface area contributed by atoms with Crippen LogP contribution in [0.25, 0.3) is 0 Å². The number of nitrogens with zero attached hydrogens (tertiary/aromatic N) is 4. The lowest BCUT2D eigenvalue weighted by atomic mass is 9.88. The number of thioether (sulfide) groups is 1. The fourth-order valence-corrected chi connectivity index (χ4v) is 11.6. The smallest absolute Gasteiger partial charge is 0.315 e. The number of likely N-dealkylation sites (tertiary alicyclic amines) is 2. The number of nitriles is 1. The van der Waals surface area contributed by atoms with Crippen molar-refractivity contribution in [3.63, 3.8) is 0 Å². The lowest BCUT2D eigenvalue weighted by Crippen LogP contribution is -2.44. The number of ketones is 1. The predicted molar refractivity (Wildman–Crippen MR) is 293 cm³/mol. The highest BCUT2D eigenvalue weighted by Crippen LogP contribution is 2.33. The molecule has 4 saturated heterocycles. The number of unbranched alkanes of at least 4 members (excludes halogenated alkanes) is 1. The SMILES string of the molecule is COc1ccc(C(=O)C2CCN(C(=O)c3ncc(C(=O)NC4CCN(Cc5ccc(C#N)cc5)CC4)cc3CCCNC(=O)CCOCCOCCOCCOCCNC(=O)CCCC[C@@H]3SC[C@@H]4NC(=O)N[C@@H]43)CC2)cc1. The van der Waals surface area contributed by atoms with Gasteiger partial charge in [0.1, 0.15) is 11.4 Å². The molecule has 0 unspecified atom stereocenters. The summed E-state index contributed by atoms with van der Waals surface area (Å²) in [6, 6.07) is 18.9. The van der Waals surface area contributed by atoms with Gasteiger partial charge in [0.05, 0.1) is 89.2 Å². The minimum Gasteiger partial charge on any atom is -0.497 e. The zero-order chi connectivity index (χ0) is 54.9. The monoisotopic (exact) mass is 1100 g/mol. The van der Waals surface area contributed by atoms with Gasteiger partial charge in [-0.3, -0.25) is 28.9 Å². The lowest BCUT2D eigenvalue weighted by molar-refractivity contribution is -0.122. The highest BCUT2D eigenvalue weighted by Gasteiger charge is 2.42. The number of amides is 6. The van der Waals surface area contributed by atoms with Gasteiger partial charge in [-0.2, -0.15) is 17.0 Å².